The van der Waals surface area contributed by atoms with Crippen LogP contribution < -0.4 is 5.32 Å². The molecule has 4 rings (SSSR count). The minimum Gasteiger partial charge on any atom is -0.463 e. The number of esters is 1. The van der Waals surface area contributed by atoms with Crippen molar-refractivity contribution in [2.24, 2.45) is 23.2 Å². The number of benzene rings is 1. The summed E-state index contributed by atoms with van der Waals surface area (Å²) in [5.74, 6) is -1.22. The van der Waals surface area contributed by atoms with Crippen LogP contribution in [0.5, 0.6) is 0 Å². The van der Waals surface area contributed by atoms with Gasteiger partial charge in [-0.15, -0.1) is 0 Å². The SMILES string of the molecule is CCCN1C[C@H](C)C[C@@](C)(OC)[C@H](OC[C@@H]2O[C@H](C)C[C@H](C)[C@H]2O)[C@@H](C)C(=O)C(C)(C)C(=O)OC[C@H]1CCCNCc1cnc2ccccc2c1. The topological polar surface area (TPSA) is 119 Å². The molecule has 0 amide bonds. The predicted octanol–water partition coefficient (Wildman–Crippen LogP) is 5.96. The Bertz CT molecular complexity index is 1420. The van der Waals surface area contributed by atoms with Gasteiger partial charge < -0.3 is 29.4 Å². The number of ether oxygens (including phenoxy) is 4. The van der Waals surface area contributed by atoms with E-state index in [0.717, 1.165) is 68.3 Å². The fourth-order valence-corrected chi connectivity index (χ4v) is 8.27. The summed E-state index contributed by atoms with van der Waals surface area (Å²) in [6.45, 7) is 19.1. The first-order chi connectivity index (χ1) is 24.2. The van der Waals surface area contributed by atoms with E-state index in [1.807, 2.05) is 52.1 Å². The Labute approximate surface area is 306 Å². The highest BCUT2D eigenvalue weighted by molar-refractivity contribution is 6.04. The Morgan fingerprint density at radius 1 is 1.12 bits per heavy atom. The van der Waals surface area contributed by atoms with Gasteiger partial charge >= 0.3 is 5.97 Å². The summed E-state index contributed by atoms with van der Waals surface area (Å²) in [5.41, 5.74) is -0.115. The molecule has 0 radical (unpaired) electrons. The molecule has 10 heteroatoms. The number of Topliss-reactive ketones (excluding diaryl/α,β-unsaturated/α-hetero) is 1. The van der Waals surface area contributed by atoms with Gasteiger partial charge in [-0.05, 0) is 102 Å². The molecule has 0 spiro atoms. The van der Waals surface area contributed by atoms with Crippen LogP contribution in [0.4, 0.5) is 0 Å². The molecule has 2 aliphatic heterocycles. The van der Waals surface area contributed by atoms with Gasteiger partial charge in [-0.1, -0.05) is 45.9 Å². The number of carbonyl (C=O) groups is 2. The van der Waals surface area contributed by atoms with E-state index in [2.05, 4.69) is 41.2 Å². The van der Waals surface area contributed by atoms with Gasteiger partial charge in [0.15, 0.2) is 5.78 Å². The fourth-order valence-electron chi connectivity index (χ4n) is 8.27. The number of pyridine rings is 1. The van der Waals surface area contributed by atoms with E-state index < -0.39 is 41.2 Å². The second kappa shape index (κ2) is 18.5. The summed E-state index contributed by atoms with van der Waals surface area (Å²) < 4.78 is 25.0. The lowest BCUT2D eigenvalue weighted by Gasteiger charge is -2.44. The number of aliphatic hydroxyl groups excluding tert-OH is 1. The molecule has 0 bridgehead atoms. The summed E-state index contributed by atoms with van der Waals surface area (Å²) in [6.07, 6.45) is 4.14. The van der Waals surface area contributed by atoms with Crippen molar-refractivity contribution in [2.45, 2.75) is 130 Å². The average Bonchev–Trinajstić information content (AvgIpc) is 3.10. The lowest BCUT2D eigenvalue weighted by molar-refractivity contribution is -0.201. The van der Waals surface area contributed by atoms with Crippen LogP contribution in [-0.2, 0) is 35.1 Å². The van der Waals surface area contributed by atoms with Gasteiger partial charge in [-0.25, -0.2) is 0 Å². The van der Waals surface area contributed by atoms with E-state index in [1.165, 1.54) is 0 Å². The first-order valence-electron chi connectivity index (χ1n) is 19.2. The molecule has 1 aromatic carbocycles. The Balaban J connectivity index is 1.50. The van der Waals surface area contributed by atoms with Crippen LogP contribution in [0.2, 0.25) is 0 Å². The quantitative estimate of drug-likeness (QED) is 0.155. The molecule has 9 atom stereocenters. The van der Waals surface area contributed by atoms with Crippen LogP contribution in [0.25, 0.3) is 10.9 Å². The van der Waals surface area contributed by atoms with Crippen molar-refractivity contribution in [1.82, 2.24) is 15.2 Å². The Kier molecular flexibility index (Phi) is 15.0. The second-order valence-corrected chi connectivity index (χ2v) is 16.1. The summed E-state index contributed by atoms with van der Waals surface area (Å²) in [5, 5.41) is 15.6. The van der Waals surface area contributed by atoms with Crippen molar-refractivity contribution in [3.63, 3.8) is 0 Å². The maximum absolute atomic E-state index is 14.2. The Hall–Kier alpha value is -2.47. The van der Waals surface area contributed by atoms with Crippen molar-refractivity contribution in [3.05, 3.63) is 42.1 Å². The van der Waals surface area contributed by atoms with Crippen LogP contribution >= 0.6 is 0 Å². The van der Waals surface area contributed by atoms with Gasteiger partial charge in [0.1, 0.15) is 18.1 Å². The number of carbonyl (C=O) groups excluding carboxylic acids is 2. The number of rotatable bonds is 12. The number of aromatic nitrogens is 1. The Morgan fingerprint density at radius 3 is 2.59 bits per heavy atom. The molecular weight excluding hydrogens is 646 g/mol. The van der Waals surface area contributed by atoms with E-state index in [1.54, 1.807) is 21.0 Å². The number of hydrogen-bond donors (Lipinski definition) is 2. The largest absolute Gasteiger partial charge is 0.463 e. The molecule has 3 heterocycles. The molecule has 0 saturated carbocycles. The number of para-hydroxylation sites is 1. The first-order valence-corrected chi connectivity index (χ1v) is 19.2. The van der Waals surface area contributed by atoms with E-state index in [-0.39, 0.29) is 43.0 Å². The van der Waals surface area contributed by atoms with Gasteiger partial charge in [-0.3, -0.25) is 19.5 Å². The number of hydrogen-bond acceptors (Lipinski definition) is 10. The number of methoxy groups -OCH3 is 1. The molecule has 2 aromatic rings. The molecule has 1 aromatic heterocycles. The van der Waals surface area contributed by atoms with Crippen molar-refractivity contribution in [1.29, 1.82) is 0 Å². The minimum atomic E-state index is -1.39. The smallest absolute Gasteiger partial charge is 0.319 e. The van der Waals surface area contributed by atoms with Gasteiger partial charge in [0.05, 0.1) is 36.0 Å². The summed E-state index contributed by atoms with van der Waals surface area (Å²) in [7, 11) is 1.67. The molecular formula is C41H65N3O7. The molecule has 2 saturated heterocycles. The van der Waals surface area contributed by atoms with E-state index in [0.29, 0.717) is 6.42 Å². The third kappa shape index (κ3) is 10.6. The number of ketones is 1. The third-order valence-electron chi connectivity index (χ3n) is 11.2. The van der Waals surface area contributed by atoms with E-state index in [9.17, 15) is 14.7 Å². The zero-order chi connectivity index (χ0) is 37.3. The van der Waals surface area contributed by atoms with Gasteiger partial charge in [0.25, 0.3) is 0 Å². The highest BCUT2D eigenvalue weighted by Gasteiger charge is 2.49. The molecule has 0 unspecified atom stereocenters. The number of cyclic esters (lactones) is 1. The first kappa shape index (κ1) is 41.3. The zero-order valence-electron chi connectivity index (χ0n) is 32.7. The molecule has 2 N–H and O–H groups in total. The minimum absolute atomic E-state index is 0.000621. The standard InChI is InChI=1S/C41H65N3O7/c1-10-18-44-24-27(2)21-41(8,48-9)38(49-26-35-36(45)28(3)19-29(4)51-35)30(5)37(46)40(6,7)39(47)50-25-33(44)15-13-17-42-22-31-20-32-14-11-12-16-34(32)43-23-31/h11-12,14,16,20,23,27-30,33,35-36,38,42,45H,10,13,15,17-19,21-22,24-26H2,1-9H3/t27-,28+,29-,30+,33-,35+,36-,38-,41-/m1/s1. The van der Waals surface area contributed by atoms with Crippen LogP contribution in [-0.4, -0.2) is 103 Å². The third-order valence-corrected chi connectivity index (χ3v) is 11.2. The molecule has 2 aliphatic rings. The van der Waals surface area contributed by atoms with Gasteiger partial charge in [-0.2, -0.15) is 0 Å². The van der Waals surface area contributed by atoms with Crippen molar-refractivity contribution < 1.29 is 33.6 Å². The zero-order valence-corrected chi connectivity index (χ0v) is 32.7. The lowest BCUT2D eigenvalue weighted by atomic mass is 9.74. The van der Waals surface area contributed by atoms with Gasteiger partial charge in [0, 0.05) is 43.7 Å². The summed E-state index contributed by atoms with van der Waals surface area (Å²) in [4.78, 5) is 35.0. The normalized spacial score (nSPS) is 32.9. The molecule has 286 valence electrons. The van der Waals surface area contributed by atoms with E-state index >= 15 is 0 Å². The number of nitrogens with one attached hydrogen (secondary N) is 1. The maximum atomic E-state index is 14.2. The van der Waals surface area contributed by atoms with E-state index in [4.69, 9.17) is 18.9 Å². The average molecular weight is 712 g/mol. The second-order valence-electron chi connectivity index (χ2n) is 16.1. The molecule has 0 aliphatic carbocycles. The van der Waals surface area contributed by atoms with Crippen molar-refractivity contribution >= 4 is 22.7 Å². The highest BCUT2D eigenvalue weighted by atomic mass is 16.6. The number of fused-ring (bicyclic) bond motifs is 1. The molecule has 2 fully saturated rings. The predicted molar refractivity (Wildman–Crippen MR) is 200 cm³/mol. The monoisotopic (exact) mass is 711 g/mol. The summed E-state index contributed by atoms with van der Waals surface area (Å²) in [6, 6.07) is 10.3. The lowest BCUT2D eigenvalue weighted by Crippen LogP contribution is -2.55. The van der Waals surface area contributed by atoms with Gasteiger partial charge in [0.2, 0.25) is 0 Å². The summed E-state index contributed by atoms with van der Waals surface area (Å²) >= 11 is 0. The van der Waals surface area contributed by atoms with Crippen LogP contribution in [0.1, 0.15) is 93.1 Å². The fraction of sp³-hybridized carbons (Fsp3) is 0.732. The van der Waals surface area contributed by atoms with Crippen LogP contribution in [0.15, 0.2) is 36.5 Å². The van der Waals surface area contributed by atoms with Crippen molar-refractivity contribution in [3.8, 4) is 0 Å². The highest BCUT2D eigenvalue weighted by Crippen LogP contribution is 2.37. The molecule has 10 nitrogen and oxygen atoms in total. The van der Waals surface area contributed by atoms with Crippen LogP contribution in [0, 0.1) is 23.2 Å². The van der Waals surface area contributed by atoms with Crippen molar-refractivity contribution in [2.75, 3.05) is 40.0 Å². The molecule has 51 heavy (non-hydrogen) atoms. The number of nitrogens with zero attached hydrogens (tertiary/aromatic N) is 2. The maximum Gasteiger partial charge on any atom is 0.319 e. The Morgan fingerprint density at radius 2 is 1.86 bits per heavy atom. The number of aliphatic hydroxyl groups is 1. The van der Waals surface area contributed by atoms with Crippen LogP contribution in [0.3, 0.4) is 0 Å².